The quantitative estimate of drug-likeness (QED) is 0.163. The van der Waals surface area contributed by atoms with Crippen molar-refractivity contribution < 1.29 is 34.2 Å². The molecule has 1 saturated heterocycles. The number of carbonyl (C=O) groups is 5. The lowest BCUT2D eigenvalue weighted by atomic mass is 9.98. The summed E-state index contributed by atoms with van der Waals surface area (Å²) in [5.41, 5.74) is 5.13. The zero-order chi connectivity index (χ0) is 23.6. The lowest BCUT2D eigenvalue weighted by molar-refractivity contribution is -0.144. The molecule has 0 aromatic heterocycles. The Morgan fingerprint density at radius 1 is 1.10 bits per heavy atom. The van der Waals surface area contributed by atoms with Gasteiger partial charge in [0, 0.05) is 6.42 Å². The molecule has 1 heterocycles. The fraction of sp³-hybridized carbons (Fsp3) is 0.737. The first-order valence-corrected chi connectivity index (χ1v) is 10.4. The Bertz CT molecular complexity index is 666. The van der Waals surface area contributed by atoms with Crippen molar-refractivity contribution in [3.8, 4) is 0 Å². The van der Waals surface area contributed by atoms with Crippen molar-refractivity contribution in [3.63, 3.8) is 0 Å². The predicted octanol–water partition coefficient (Wildman–Crippen LogP) is -2.42. The first-order valence-electron chi connectivity index (χ1n) is 10.4. The van der Waals surface area contributed by atoms with E-state index in [1.165, 1.54) is 0 Å². The van der Waals surface area contributed by atoms with Crippen LogP contribution in [0.2, 0.25) is 0 Å². The van der Waals surface area contributed by atoms with E-state index in [4.69, 9.17) is 5.73 Å². The van der Waals surface area contributed by atoms with Crippen LogP contribution in [-0.4, -0.2) is 77.1 Å². The molecule has 1 fully saturated rings. The fourth-order valence-electron chi connectivity index (χ4n) is 3.14. The summed E-state index contributed by atoms with van der Waals surface area (Å²) in [6.07, 6.45) is 1.49. The van der Waals surface area contributed by atoms with Crippen molar-refractivity contribution in [3.05, 3.63) is 0 Å². The van der Waals surface area contributed by atoms with Crippen molar-refractivity contribution in [2.24, 2.45) is 11.7 Å². The SMILES string of the molecule is CCC(C)C(NC(=O)C(CCC(N)=O)NC(=O)C(CO)NC(=O)C1CCCN1)C(=O)O. The number of nitrogens with one attached hydrogen (secondary N) is 4. The summed E-state index contributed by atoms with van der Waals surface area (Å²) >= 11 is 0. The molecule has 1 aliphatic heterocycles. The second kappa shape index (κ2) is 12.8. The molecule has 0 aromatic carbocycles. The van der Waals surface area contributed by atoms with Crippen LogP contribution in [0.15, 0.2) is 0 Å². The van der Waals surface area contributed by atoms with Gasteiger partial charge in [-0.25, -0.2) is 4.79 Å². The third-order valence-electron chi connectivity index (χ3n) is 5.28. The second-order valence-corrected chi connectivity index (χ2v) is 7.67. The maximum atomic E-state index is 12.7. The minimum absolute atomic E-state index is 0.171. The number of primary amides is 1. The minimum Gasteiger partial charge on any atom is -0.480 e. The van der Waals surface area contributed by atoms with Crippen molar-refractivity contribution in [1.82, 2.24) is 21.3 Å². The smallest absolute Gasteiger partial charge is 0.326 e. The van der Waals surface area contributed by atoms with Gasteiger partial charge in [-0.3, -0.25) is 19.2 Å². The molecule has 0 aromatic rings. The summed E-state index contributed by atoms with van der Waals surface area (Å²) in [5.74, 6) is -4.41. The Balaban J connectivity index is 2.86. The molecule has 31 heavy (non-hydrogen) atoms. The zero-order valence-electron chi connectivity index (χ0n) is 17.8. The molecule has 176 valence electrons. The lowest BCUT2D eigenvalue weighted by Crippen LogP contribution is -2.58. The topological polar surface area (TPSA) is 200 Å². The number of aliphatic carboxylic acids is 1. The van der Waals surface area contributed by atoms with Crippen LogP contribution < -0.4 is 27.0 Å². The standard InChI is InChI=1S/C19H33N5O7/c1-3-10(2)15(19(30)31)24-17(28)12(6-7-14(20)26)22-18(29)13(9-25)23-16(27)11-5-4-8-21-11/h10-13,15,21,25H,3-9H2,1-2H3,(H2,20,26)(H,22,29)(H,23,27)(H,24,28)(H,30,31). The number of nitrogens with two attached hydrogens (primary N) is 1. The van der Waals surface area contributed by atoms with Crippen LogP contribution >= 0.6 is 0 Å². The number of amides is 4. The Hall–Kier alpha value is -2.73. The van der Waals surface area contributed by atoms with Gasteiger partial charge in [-0.2, -0.15) is 0 Å². The summed E-state index contributed by atoms with van der Waals surface area (Å²) in [5, 5.41) is 29.0. The van der Waals surface area contributed by atoms with Gasteiger partial charge in [-0.1, -0.05) is 20.3 Å². The molecule has 0 saturated carbocycles. The van der Waals surface area contributed by atoms with E-state index in [-0.39, 0.29) is 18.8 Å². The first kappa shape index (κ1) is 26.3. The number of hydrogen-bond acceptors (Lipinski definition) is 7. The van der Waals surface area contributed by atoms with Gasteiger partial charge >= 0.3 is 5.97 Å². The second-order valence-electron chi connectivity index (χ2n) is 7.67. The van der Waals surface area contributed by atoms with Crippen LogP contribution in [0.4, 0.5) is 0 Å². The van der Waals surface area contributed by atoms with Crippen LogP contribution in [0.3, 0.4) is 0 Å². The number of hydrogen-bond donors (Lipinski definition) is 7. The van der Waals surface area contributed by atoms with Gasteiger partial charge in [0.25, 0.3) is 0 Å². The normalized spacial score (nSPS) is 19.5. The third-order valence-corrected chi connectivity index (χ3v) is 5.28. The first-order chi connectivity index (χ1) is 14.6. The van der Waals surface area contributed by atoms with Gasteiger partial charge in [0.15, 0.2) is 0 Å². The van der Waals surface area contributed by atoms with Gasteiger partial charge in [-0.05, 0) is 31.7 Å². The van der Waals surface area contributed by atoms with E-state index < -0.39 is 60.4 Å². The monoisotopic (exact) mass is 443 g/mol. The van der Waals surface area contributed by atoms with E-state index in [0.717, 1.165) is 6.42 Å². The van der Waals surface area contributed by atoms with Gasteiger partial charge in [0.1, 0.15) is 18.1 Å². The Kier molecular flexibility index (Phi) is 10.9. The number of aliphatic hydroxyl groups excluding tert-OH is 1. The number of carbonyl (C=O) groups excluding carboxylic acids is 4. The molecule has 0 spiro atoms. The van der Waals surface area contributed by atoms with Crippen LogP contribution in [0.1, 0.15) is 46.0 Å². The van der Waals surface area contributed by atoms with E-state index in [2.05, 4.69) is 21.3 Å². The predicted molar refractivity (Wildman–Crippen MR) is 109 cm³/mol. The molecular formula is C19H33N5O7. The minimum atomic E-state index is -1.32. The highest BCUT2D eigenvalue weighted by Gasteiger charge is 2.32. The van der Waals surface area contributed by atoms with Crippen LogP contribution in [-0.2, 0) is 24.0 Å². The Labute approximate surface area is 180 Å². The molecule has 8 N–H and O–H groups in total. The average Bonchev–Trinajstić information content (AvgIpc) is 3.26. The number of aliphatic hydroxyl groups is 1. The lowest BCUT2D eigenvalue weighted by Gasteiger charge is -2.26. The molecular weight excluding hydrogens is 410 g/mol. The Morgan fingerprint density at radius 2 is 1.74 bits per heavy atom. The van der Waals surface area contributed by atoms with E-state index in [0.29, 0.717) is 19.4 Å². The maximum Gasteiger partial charge on any atom is 0.326 e. The highest BCUT2D eigenvalue weighted by Crippen LogP contribution is 2.10. The molecule has 0 bridgehead atoms. The van der Waals surface area contributed by atoms with Crippen molar-refractivity contribution in [2.75, 3.05) is 13.2 Å². The molecule has 0 aliphatic carbocycles. The fourth-order valence-corrected chi connectivity index (χ4v) is 3.14. The molecule has 12 nitrogen and oxygen atoms in total. The summed E-state index contributed by atoms with van der Waals surface area (Å²) in [6, 6.07) is -4.25. The third kappa shape index (κ3) is 8.50. The van der Waals surface area contributed by atoms with E-state index in [9.17, 15) is 34.2 Å². The van der Waals surface area contributed by atoms with E-state index in [1.807, 2.05) is 0 Å². The molecule has 5 atom stereocenters. The van der Waals surface area contributed by atoms with E-state index >= 15 is 0 Å². The molecule has 0 radical (unpaired) electrons. The molecule has 1 aliphatic rings. The summed E-state index contributed by atoms with van der Waals surface area (Å²) < 4.78 is 0. The number of carboxylic acids is 1. The van der Waals surface area contributed by atoms with Crippen LogP contribution in [0, 0.1) is 5.92 Å². The highest BCUT2D eigenvalue weighted by molar-refractivity contribution is 5.94. The summed E-state index contributed by atoms with van der Waals surface area (Å²) in [6.45, 7) is 3.39. The van der Waals surface area contributed by atoms with Gasteiger partial charge in [-0.15, -0.1) is 0 Å². The number of carboxylic acid groups (broad SMARTS) is 1. The van der Waals surface area contributed by atoms with Crippen LogP contribution in [0.25, 0.3) is 0 Å². The highest BCUT2D eigenvalue weighted by atomic mass is 16.4. The molecule has 12 heteroatoms. The van der Waals surface area contributed by atoms with Crippen molar-refractivity contribution >= 4 is 29.6 Å². The Morgan fingerprint density at radius 3 is 2.23 bits per heavy atom. The van der Waals surface area contributed by atoms with Gasteiger partial charge in [0.05, 0.1) is 12.6 Å². The molecule has 1 rings (SSSR count). The number of rotatable bonds is 13. The summed E-state index contributed by atoms with van der Waals surface area (Å²) in [4.78, 5) is 60.1. The van der Waals surface area contributed by atoms with Crippen LogP contribution in [0.5, 0.6) is 0 Å². The average molecular weight is 444 g/mol. The zero-order valence-corrected chi connectivity index (χ0v) is 17.8. The van der Waals surface area contributed by atoms with Gasteiger partial charge < -0.3 is 37.2 Å². The summed E-state index contributed by atoms with van der Waals surface area (Å²) in [7, 11) is 0. The maximum absolute atomic E-state index is 12.7. The van der Waals surface area contributed by atoms with E-state index in [1.54, 1.807) is 13.8 Å². The van der Waals surface area contributed by atoms with Crippen molar-refractivity contribution in [2.45, 2.75) is 70.1 Å². The molecule has 5 unspecified atom stereocenters. The largest absolute Gasteiger partial charge is 0.480 e. The van der Waals surface area contributed by atoms with Crippen molar-refractivity contribution in [1.29, 1.82) is 0 Å². The van der Waals surface area contributed by atoms with Gasteiger partial charge in [0.2, 0.25) is 23.6 Å². The molecule has 4 amide bonds.